The number of aryl methyl sites for hydroxylation is 2. The molecule has 0 saturated carbocycles. The number of fused-ring (bicyclic) bond motifs is 1. The Morgan fingerprint density at radius 2 is 2.10 bits per heavy atom. The number of hydrogen-bond acceptors (Lipinski definition) is 2. The highest BCUT2D eigenvalue weighted by Crippen LogP contribution is 2.21. The van der Waals surface area contributed by atoms with Crippen molar-refractivity contribution in [3.05, 3.63) is 46.0 Å². The molecule has 0 bridgehead atoms. The molecule has 1 aromatic carbocycles. The monoisotopic (exact) mass is 308 g/mol. The summed E-state index contributed by atoms with van der Waals surface area (Å²) in [5.74, 6) is -1.26. The van der Waals surface area contributed by atoms with E-state index in [4.69, 9.17) is 12.2 Å². The molecular formula is C14H14F2N4S. The Kier molecular flexibility index (Phi) is 3.36. The third-order valence-electron chi connectivity index (χ3n) is 3.46. The summed E-state index contributed by atoms with van der Waals surface area (Å²) in [6.07, 6.45) is 2.68. The van der Waals surface area contributed by atoms with Gasteiger partial charge in [-0.1, -0.05) is 6.92 Å². The topological polar surface area (TPSA) is 38.5 Å². The molecule has 21 heavy (non-hydrogen) atoms. The normalized spacial score (nSPS) is 11.4. The molecule has 0 aliphatic heterocycles. The van der Waals surface area contributed by atoms with Crippen molar-refractivity contribution in [3.8, 4) is 0 Å². The lowest BCUT2D eigenvalue weighted by atomic mass is 10.2. The van der Waals surface area contributed by atoms with Gasteiger partial charge in [0.05, 0.1) is 17.8 Å². The lowest BCUT2D eigenvalue weighted by Crippen LogP contribution is -2.01. The van der Waals surface area contributed by atoms with Gasteiger partial charge in [0.25, 0.3) is 0 Å². The van der Waals surface area contributed by atoms with E-state index in [9.17, 15) is 8.78 Å². The van der Waals surface area contributed by atoms with E-state index in [0.717, 1.165) is 23.7 Å². The lowest BCUT2D eigenvalue weighted by molar-refractivity contribution is 0.590. The highest BCUT2D eigenvalue weighted by atomic mass is 32.1. The van der Waals surface area contributed by atoms with Gasteiger partial charge in [0.2, 0.25) is 0 Å². The minimum Gasteiger partial charge on any atom is -0.328 e. The van der Waals surface area contributed by atoms with Crippen molar-refractivity contribution in [1.29, 1.82) is 0 Å². The van der Waals surface area contributed by atoms with Gasteiger partial charge in [0.1, 0.15) is 11.3 Å². The van der Waals surface area contributed by atoms with Crippen LogP contribution in [0.3, 0.4) is 0 Å². The molecule has 0 saturated heterocycles. The average Bonchev–Trinajstić information content (AvgIpc) is 2.92. The molecule has 2 aromatic heterocycles. The predicted molar refractivity (Wildman–Crippen MR) is 78.7 cm³/mol. The number of nitrogens with zero attached hydrogens (tertiary/aromatic N) is 3. The molecule has 0 spiro atoms. The van der Waals surface area contributed by atoms with Gasteiger partial charge in [-0.05, 0) is 24.7 Å². The van der Waals surface area contributed by atoms with Gasteiger partial charge in [0.15, 0.2) is 10.6 Å². The Labute approximate surface area is 125 Å². The maximum absolute atomic E-state index is 13.8. The number of imidazole rings is 1. The second-order valence-electron chi connectivity index (χ2n) is 4.93. The molecule has 0 radical (unpaired) electrons. The maximum atomic E-state index is 13.8. The van der Waals surface area contributed by atoms with E-state index in [1.807, 2.05) is 20.2 Å². The fourth-order valence-electron chi connectivity index (χ4n) is 2.52. The summed E-state index contributed by atoms with van der Waals surface area (Å²) in [6.45, 7) is 2.44. The van der Waals surface area contributed by atoms with Crippen molar-refractivity contribution in [2.45, 2.75) is 19.9 Å². The minimum atomic E-state index is -0.642. The number of benzene rings is 1. The Hall–Kier alpha value is -2.02. The standard InChI is InChI=1S/C14H14F2N4S/c1-3-11-8(6-19(2)18-11)7-20-12-5-9(15)4-10(16)13(12)17-14(20)21/h4-6H,3,7H2,1-2H3,(H,17,21). The zero-order valence-corrected chi connectivity index (χ0v) is 12.5. The van der Waals surface area contributed by atoms with Crippen LogP contribution in [-0.2, 0) is 20.0 Å². The summed E-state index contributed by atoms with van der Waals surface area (Å²) in [6, 6.07) is 2.13. The summed E-state index contributed by atoms with van der Waals surface area (Å²) in [4.78, 5) is 2.80. The van der Waals surface area contributed by atoms with Crippen LogP contribution in [0.15, 0.2) is 18.3 Å². The van der Waals surface area contributed by atoms with Crippen molar-refractivity contribution in [2.75, 3.05) is 0 Å². The fourth-order valence-corrected chi connectivity index (χ4v) is 2.79. The van der Waals surface area contributed by atoms with Crippen molar-refractivity contribution in [1.82, 2.24) is 19.3 Å². The van der Waals surface area contributed by atoms with Crippen LogP contribution in [0.1, 0.15) is 18.2 Å². The zero-order valence-electron chi connectivity index (χ0n) is 11.7. The zero-order chi connectivity index (χ0) is 15.1. The maximum Gasteiger partial charge on any atom is 0.178 e. The van der Waals surface area contributed by atoms with Gasteiger partial charge in [-0.3, -0.25) is 4.68 Å². The first-order valence-electron chi connectivity index (χ1n) is 6.58. The van der Waals surface area contributed by atoms with E-state index in [-0.39, 0.29) is 5.52 Å². The molecule has 0 atom stereocenters. The average molecular weight is 308 g/mol. The third-order valence-corrected chi connectivity index (χ3v) is 3.78. The first kappa shape index (κ1) is 13.9. The lowest BCUT2D eigenvalue weighted by Gasteiger charge is -2.04. The van der Waals surface area contributed by atoms with Gasteiger partial charge in [-0.25, -0.2) is 8.78 Å². The molecule has 0 aliphatic carbocycles. The number of hydrogen-bond donors (Lipinski definition) is 1. The highest BCUT2D eigenvalue weighted by molar-refractivity contribution is 7.71. The van der Waals surface area contributed by atoms with Crippen LogP contribution in [0.5, 0.6) is 0 Å². The van der Waals surface area contributed by atoms with Crippen LogP contribution < -0.4 is 0 Å². The second-order valence-corrected chi connectivity index (χ2v) is 5.31. The van der Waals surface area contributed by atoms with Crippen molar-refractivity contribution in [3.63, 3.8) is 0 Å². The first-order valence-corrected chi connectivity index (χ1v) is 6.99. The summed E-state index contributed by atoms with van der Waals surface area (Å²) < 4.78 is 31.0. The van der Waals surface area contributed by atoms with Crippen LogP contribution in [0, 0.1) is 16.4 Å². The summed E-state index contributed by atoms with van der Waals surface area (Å²) in [5.41, 5.74) is 2.58. The number of H-pyrrole nitrogens is 1. The Morgan fingerprint density at radius 1 is 1.33 bits per heavy atom. The molecule has 3 rings (SSSR count). The molecule has 1 N–H and O–H groups in total. The molecule has 0 fully saturated rings. The number of aromatic amines is 1. The summed E-state index contributed by atoms with van der Waals surface area (Å²) >= 11 is 5.23. The van der Waals surface area contributed by atoms with E-state index < -0.39 is 11.6 Å². The molecule has 110 valence electrons. The Bertz CT molecular complexity index is 875. The van der Waals surface area contributed by atoms with Crippen molar-refractivity contribution in [2.24, 2.45) is 7.05 Å². The number of rotatable bonds is 3. The van der Waals surface area contributed by atoms with E-state index >= 15 is 0 Å². The van der Waals surface area contributed by atoms with Gasteiger partial charge < -0.3 is 9.55 Å². The first-order chi connectivity index (χ1) is 9.99. The van der Waals surface area contributed by atoms with Crippen molar-refractivity contribution < 1.29 is 8.78 Å². The third kappa shape index (κ3) is 2.37. The molecule has 0 amide bonds. The summed E-state index contributed by atoms with van der Waals surface area (Å²) in [5, 5.41) is 4.37. The quantitative estimate of drug-likeness (QED) is 0.754. The fraction of sp³-hybridized carbons (Fsp3) is 0.286. The number of halogens is 2. The molecule has 0 aliphatic rings. The van der Waals surface area contributed by atoms with Crippen LogP contribution in [0.25, 0.3) is 11.0 Å². The predicted octanol–water partition coefficient (Wildman–Crippen LogP) is 3.32. The smallest absolute Gasteiger partial charge is 0.178 e. The van der Waals surface area contributed by atoms with Crippen LogP contribution in [0.4, 0.5) is 8.78 Å². The van der Waals surface area contributed by atoms with Gasteiger partial charge >= 0.3 is 0 Å². The molecule has 4 nitrogen and oxygen atoms in total. The SMILES string of the molecule is CCc1nn(C)cc1Cn1c(=S)[nH]c2c(F)cc(F)cc21. The van der Waals surface area contributed by atoms with E-state index in [0.29, 0.717) is 16.8 Å². The van der Waals surface area contributed by atoms with Crippen LogP contribution >= 0.6 is 12.2 Å². The highest BCUT2D eigenvalue weighted by Gasteiger charge is 2.13. The van der Waals surface area contributed by atoms with Gasteiger partial charge in [0, 0.05) is 24.9 Å². The largest absolute Gasteiger partial charge is 0.328 e. The van der Waals surface area contributed by atoms with E-state index in [1.165, 1.54) is 6.07 Å². The second kappa shape index (κ2) is 5.07. The van der Waals surface area contributed by atoms with Crippen LogP contribution in [0.2, 0.25) is 0 Å². The molecule has 2 heterocycles. The van der Waals surface area contributed by atoms with Crippen LogP contribution in [-0.4, -0.2) is 19.3 Å². The Balaban J connectivity index is 2.16. The molecule has 0 unspecified atom stereocenters. The van der Waals surface area contributed by atoms with Crippen molar-refractivity contribution >= 4 is 23.3 Å². The van der Waals surface area contributed by atoms with Gasteiger partial charge in [-0.15, -0.1) is 0 Å². The van der Waals surface area contributed by atoms with E-state index in [1.54, 1.807) is 9.25 Å². The molecule has 7 heteroatoms. The molecule has 3 aromatic rings. The Morgan fingerprint density at radius 3 is 2.81 bits per heavy atom. The van der Waals surface area contributed by atoms with Gasteiger partial charge in [-0.2, -0.15) is 5.10 Å². The molecular weight excluding hydrogens is 294 g/mol. The van der Waals surface area contributed by atoms with E-state index in [2.05, 4.69) is 10.1 Å². The number of nitrogens with one attached hydrogen (secondary N) is 1. The minimum absolute atomic E-state index is 0.225. The summed E-state index contributed by atoms with van der Waals surface area (Å²) in [7, 11) is 1.84. The number of aromatic nitrogens is 4.